The molecule has 0 fully saturated rings. The quantitative estimate of drug-likeness (QED) is 0.834. The van der Waals surface area contributed by atoms with Crippen LogP contribution in [-0.4, -0.2) is 15.7 Å². The molecule has 0 saturated heterocycles. The van der Waals surface area contributed by atoms with Crippen LogP contribution in [0, 0.1) is 17.4 Å². The van der Waals surface area contributed by atoms with Crippen molar-refractivity contribution in [3.63, 3.8) is 0 Å². The molecule has 0 aliphatic carbocycles. The van der Waals surface area contributed by atoms with Gasteiger partial charge >= 0.3 is 0 Å². The van der Waals surface area contributed by atoms with Gasteiger partial charge in [0, 0.05) is 12.3 Å². The zero-order valence-corrected chi connectivity index (χ0v) is 8.92. The molecular formula is C12H9N4O. The largest absolute Gasteiger partial charge is 0.364 e. The van der Waals surface area contributed by atoms with Gasteiger partial charge in [-0.25, -0.2) is 0 Å². The molecule has 5 nitrogen and oxygen atoms in total. The number of aromatic nitrogens is 2. The zero-order valence-electron chi connectivity index (χ0n) is 8.92. The van der Waals surface area contributed by atoms with Crippen LogP contribution in [0.15, 0.2) is 30.5 Å². The van der Waals surface area contributed by atoms with Crippen LogP contribution in [0.3, 0.4) is 0 Å². The summed E-state index contributed by atoms with van der Waals surface area (Å²) >= 11 is 0. The first-order valence-corrected chi connectivity index (χ1v) is 4.93. The minimum Gasteiger partial charge on any atom is -0.364 e. The monoisotopic (exact) mass is 225 g/mol. The molecule has 0 bridgehead atoms. The molecule has 1 aromatic carbocycles. The Morgan fingerprint density at radius 1 is 1.59 bits per heavy atom. The molecule has 17 heavy (non-hydrogen) atoms. The third kappa shape index (κ3) is 2.49. The lowest BCUT2D eigenvalue weighted by atomic mass is 10.1. The predicted molar refractivity (Wildman–Crippen MR) is 59.8 cm³/mol. The van der Waals surface area contributed by atoms with Crippen LogP contribution in [0.1, 0.15) is 21.6 Å². The first-order chi connectivity index (χ1) is 8.19. The second-order valence-electron chi connectivity index (χ2n) is 3.50. The molecular weight excluding hydrogens is 216 g/mol. The normalized spacial score (nSPS) is 9.82. The standard InChI is InChI=1S/C12H9N4O/c13-7-9-2-1-3-10(6-9)8-16-5-4-11(15-16)12(14)17/h1-3,5-6H,8H2,(H2,14,17). The minimum absolute atomic E-state index is 0.112. The lowest BCUT2D eigenvalue weighted by Crippen LogP contribution is -2.12. The summed E-state index contributed by atoms with van der Waals surface area (Å²) in [7, 11) is 0. The average molecular weight is 225 g/mol. The number of hydrogen-bond acceptors (Lipinski definition) is 3. The van der Waals surface area contributed by atoms with E-state index in [1.165, 1.54) is 0 Å². The average Bonchev–Trinajstić information content (AvgIpc) is 2.78. The summed E-state index contributed by atoms with van der Waals surface area (Å²) in [5.41, 5.74) is 6.71. The Morgan fingerprint density at radius 2 is 2.41 bits per heavy atom. The fourth-order valence-corrected chi connectivity index (χ4v) is 1.45. The van der Waals surface area contributed by atoms with Gasteiger partial charge in [-0.05, 0) is 17.7 Å². The van der Waals surface area contributed by atoms with Crippen LogP contribution in [0.4, 0.5) is 0 Å². The molecule has 0 spiro atoms. The van der Waals surface area contributed by atoms with Crippen molar-refractivity contribution in [2.24, 2.45) is 5.73 Å². The summed E-state index contributed by atoms with van der Waals surface area (Å²) in [6, 6.07) is 11.9. The van der Waals surface area contributed by atoms with Gasteiger partial charge in [0.2, 0.25) is 0 Å². The van der Waals surface area contributed by atoms with Crippen LogP contribution < -0.4 is 5.73 Å². The number of nitrogens with two attached hydrogens (primary N) is 1. The molecule has 2 N–H and O–H groups in total. The number of rotatable bonds is 3. The third-order valence-electron chi connectivity index (χ3n) is 2.21. The molecule has 83 valence electrons. The van der Waals surface area contributed by atoms with Gasteiger partial charge in [-0.2, -0.15) is 10.4 Å². The highest BCUT2D eigenvalue weighted by atomic mass is 16.1. The van der Waals surface area contributed by atoms with E-state index in [2.05, 4.69) is 17.2 Å². The molecule has 1 amide bonds. The van der Waals surface area contributed by atoms with Crippen molar-refractivity contribution >= 4 is 5.91 Å². The molecule has 0 aliphatic heterocycles. The summed E-state index contributed by atoms with van der Waals surface area (Å²) in [4.78, 5) is 10.8. The van der Waals surface area contributed by atoms with Gasteiger partial charge in [0.15, 0.2) is 5.69 Å². The fourth-order valence-electron chi connectivity index (χ4n) is 1.45. The van der Waals surface area contributed by atoms with E-state index in [1.807, 2.05) is 6.07 Å². The maximum Gasteiger partial charge on any atom is 0.269 e. The van der Waals surface area contributed by atoms with Gasteiger partial charge < -0.3 is 5.73 Å². The van der Waals surface area contributed by atoms with Gasteiger partial charge in [-0.1, -0.05) is 12.1 Å². The number of nitrogens with zero attached hydrogens (tertiary/aromatic N) is 3. The van der Waals surface area contributed by atoms with Crippen molar-refractivity contribution < 1.29 is 4.79 Å². The first-order valence-electron chi connectivity index (χ1n) is 4.93. The third-order valence-corrected chi connectivity index (χ3v) is 2.21. The van der Waals surface area contributed by atoms with E-state index in [-0.39, 0.29) is 5.69 Å². The number of carbonyl (C=O) groups excluding carboxylic acids is 1. The molecule has 1 heterocycles. The van der Waals surface area contributed by atoms with E-state index in [9.17, 15) is 4.79 Å². The number of nitriles is 1. The Kier molecular flexibility index (Phi) is 2.88. The van der Waals surface area contributed by atoms with Crippen molar-refractivity contribution in [2.45, 2.75) is 6.54 Å². The van der Waals surface area contributed by atoms with E-state index in [4.69, 9.17) is 11.0 Å². The van der Waals surface area contributed by atoms with Crippen LogP contribution in [-0.2, 0) is 6.54 Å². The smallest absolute Gasteiger partial charge is 0.269 e. The Morgan fingerprint density at radius 3 is 3.06 bits per heavy atom. The highest BCUT2D eigenvalue weighted by molar-refractivity contribution is 5.90. The Hall–Kier alpha value is -2.61. The summed E-state index contributed by atoms with van der Waals surface area (Å²) in [6.07, 6.45) is 1.55. The highest BCUT2D eigenvalue weighted by Gasteiger charge is 2.05. The number of primary amides is 1. The Bertz CT molecular complexity index is 595. The molecule has 2 aromatic rings. The fraction of sp³-hybridized carbons (Fsp3) is 0.0833. The Labute approximate surface area is 98.1 Å². The number of benzene rings is 1. The maximum atomic E-state index is 10.8. The molecule has 0 saturated carbocycles. The molecule has 2 rings (SSSR count). The second-order valence-corrected chi connectivity index (χ2v) is 3.50. The second kappa shape index (κ2) is 4.49. The molecule has 0 atom stereocenters. The summed E-state index contributed by atoms with van der Waals surface area (Å²) in [5.74, 6) is -0.602. The first kappa shape index (κ1) is 10.9. The van der Waals surface area contributed by atoms with Crippen molar-refractivity contribution in [2.75, 3.05) is 0 Å². The van der Waals surface area contributed by atoms with Gasteiger partial charge in [-0.3, -0.25) is 9.48 Å². The molecule has 1 radical (unpaired) electrons. The van der Waals surface area contributed by atoms with Crippen LogP contribution >= 0.6 is 0 Å². The molecule has 0 aliphatic rings. The van der Waals surface area contributed by atoms with Gasteiger partial charge in [0.1, 0.15) is 0 Å². The zero-order chi connectivity index (χ0) is 12.3. The van der Waals surface area contributed by atoms with Gasteiger partial charge in [0.05, 0.1) is 18.2 Å². The topological polar surface area (TPSA) is 84.7 Å². The van der Waals surface area contributed by atoms with Gasteiger partial charge in [0.25, 0.3) is 5.91 Å². The summed E-state index contributed by atoms with van der Waals surface area (Å²) in [6.45, 7) is 0.472. The highest BCUT2D eigenvalue weighted by Crippen LogP contribution is 2.06. The predicted octanol–water partition coefficient (Wildman–Crippen LogP) is 0.702. The van der Waals surface area contributed by atoms with E-state index in [0.29, 0.717) is 12.1 Å². The van der Waals surface area contributed by atoms with E-state index < -0.39 is 5.91 Å². The van der Waals surface area contributed by atoms with Crippen molar-refractivity contribution in [3.8, 4) is 6.07 Å². The molecule has 1 aromatic heterocycles. The summed E-state index contributed by atoms with van der Waals surface area (Å²) < 4.78 is 1.55. The van der Waals surface area contributed by atoms with Crippen LogP contribution in [0.5, 0.6) is 0 Å². The van der Waals surface area contributed by atoms with Gasteiger partial charge in [-0.15, -0.1) is 0 Å². The number of amides is 1. The lowest BCUT2D eigenvalue weighted by Gasteiger charge is -2.01. The SMILES string of the molecule is N#Cc1cccc(Cn2c[c]c(C(N)=O)n2)c1. The van der Waals surface area contributed by atoms with Crippen LogP contribution in [0.25, 0.3) is 0 Å². The lowest BCUT2D eigenvalue weighted by molar-refractivity contribution is 0.0994. The van der Waals surface area contributed by atoms with Crippen LogP contribution in [0.2, 0.25) is 0 Å². The molecule has 5 heteroatoms. The minimum atomic E-state index is -0.602. The summed E-state index contributed by atoms with van der Waals surface area (Å²) in [5, 5.41) is 12.7. The van der Waals surface area contributed by atoms with Crippen molar-refractivity contribution in [1.29, 1.82) is 5.26 Å². The molecule has 0 unspecified atom stereocenters. The van der Waals surface area contributed by atoms with Crippen molar-refractivity contribution in [3.05, 3.63) is 53.3 Å². The number of carbonyl (C=O) groups is 1. The maximum absolute atomic E-state index is 10.8. The van der Waals surface area contributed by atoms with E-state index >= 15 is 0 Å². The van der Waals surface area contributed by atoms with E-state index in [0.717, 1.165) is 5.56 Å². The number of hydrogen-bond donors (Lipinski definition) is 1. The Balaban J connectivity index is 2.19. The van der Waals surface area contributed by atoms with E-state index in [1.54, 1.807) is 29.1 Å². The van der Waals surface area contributed by atoms with Crippen molar-refractivity contribution in [1.82, 2.24) is 9.78 Å².